The van der Waals surface area contributed by atoms with Crippen molar-refractivity contribution >= 4 is 52.1 Å². The van der Waals surface area contributed by atoms with Crippen molar-refractivity contribution in [3.63, 3.8) is 0 Å². The Labute approximate surface area is 131 Å². The van der Waals surface area contributed by atoms with Crippen LogP contribution in [0.25, 0.3) is 0 Å². The molecule has 2 amide bonds. The van der Waals surface area contributed by atoms with E-state index in [9.17, 15) is 4.79 Å². The summed E-state index contributed by atoms with van der Waals surface area (Å²) in [7, 11) is 0. The largest absolute Gasteiger partial charge is 0.324 e. The van der Waals surface area contributed by atoms with E-state index in [4.69, 9.17) is 35.4 Å². The van der Waals surface area contributed by atoms with Crippen molar-refractivity contribution in [2.75, 3.05) is 5.32 Å². The first-order valence-corrected chi connectivity index (χ1v) is 6.84. The van der Waals surface area contributed by atoms with Crippen LogP contribution in [0.15, 0.2) is 48.5 Å². The van der Waals surface area contributed by atoms with Gasteiger partial charge < -0.3 is 5.32 Å². The highest BCUT2D eigenvalue weighted by atomic mass is 35.5. The Balaban J connectivity index is 1.99. The van der Waals surface area contributed by atoms with Gasteiger partial charge in [0.05, 0.1) is 0 Å². The number of thiocarbonyl (C=S) groups is 1. The summed E-state index contributed by atoms with van der Waals surface area (Å²) < 4.78 is 0. The molecule has 0 aliphatic rings. The minimum Gasteiger partial charge on any atom is -0.308 e. The average Bonchev–Trinajstić information content (AvgIpc) is 2.38. The molecule has 0 aromatic heterocycles. The number of halogens is 2. The molecule has 2 N–H and O–H groups in total. The molecule has 102 valence electrons. The van der Waals surface area contributed by atoms with Crippen molar-refractivity contribution in [2.45, 2.75) is 0 Å². The number of nitrogens with one attached hydrogen (secondary N) is 2. The summed E-state index contributed by atoms with van der Waals surface area (Å²) in [6, 6.07) is 13.4. The highest BCUT2D eigenvalue weighted by Crippen LogP contribution is 2.15. The Morgan fingerprint density at radius 2 is 1.65 bits per heavy atom. The quantitative estimate of drug-likeness (QED) is 0.799. The minimum atomic E-state index is -0.433. The van der Waals surface area contributed by atoms with Crippen LogP contribution in [0, 0.1) is 0 Å². The van der Waals surface area contributed by atoms with Crippen LogP contribution in [0.2, 0.25) is 10.0 Å². The normalized spacial score (nSPS) is 9.90. The summed E-state index contributed by atoms with van der Waals surface area (Å²) in [6.07, 6.45) is 0. The maximum absolute atomic E-state index is 11.8. The second kappa shape index (κ2) is 6.70. The third kappa shape index (κ3) is 4.20. The smallest absolute Gasteiger partial charge is 0.308 e. The van der Waals surface area contributed by atoms with Gasteiger partial charge in [-0.05, 0) is 30.3 Å². The van der Waals surface area contributed by atoms with Crippen LogP contribution in [-0.4, -0.2) is 11.0 Å². The lowest BCUT2D eigenvalue weighted by atomic mass is 10.2. The van der Waals surface area contributed by atoms with Crippen molar-refractivity contribution in [1.82, 2.24) is 5.32 Å². The maximum atomic E-state index is 11.8. The fourth-order valence-corrected chi connectivity index (χ4v) is 2.13. The molecule has 0 fully saturated rings. The van der Waals surface area contributed by atoms with Crippen LogP contribution in [-0.2, 0) is 0 Å². The fourth-order valence-electron chi connectivity index (χ4n) is 1.53. The molecular formula is C14H10Cl2N2OS. The Kier molecular flexibility index (Phi) is 4.95. The van der Waals surface area contributed by atoms with Gasteiger partial charge in [0.15, 0.2) is 0 Å². The van der Waals surface area contributed by atoms with Crippen molar-refractivity contribution in [3.05, 3.63) is 64.1 Å². The van der Waals surface area contributed by atoms with E-state index in [2.05, 4.69) is 10.6 Å². The van der Waals surface area contributed by atoms with E-state index in [1.54, 1.807) is 48.5 Å². The lowest BCUT2D eigenvalue weighted by Crippen LogP contribution is -2.33. The van der Waals surface area contributed by atoms with E-state index in [-0.39, 0.29) is 0 Å². The summed E-state index contributed by atoms with van der Waals surface area (Å²) in [5.74, 6) is 0. The van der Waals surface area contributed by atoms with Crippen molar-refractivity contribution in [3.8, 4) is 0 Å². The van der Waals surface area contributed by atoms with Gasteiger partial charge in [-0.3, -0.25) is 5.32 Å². The number of hydrogen-bond acceptors (Lipinski definition) is 2. The Morgan fingerprint density at radius 1 is 1.00 bits per heavy atom. The van der Waals surface area contributed by atoms with Crippen molar-refractivity contribution in [1.29, 1.82) is 0 Å². The Morgan fingerprint density at radius 3 is 2.30 bits per heavy atom. The van der Waals surface area contributed by atoms with E-state index in [1.165, 1.54) is 0 Å². The first-order chi connectivity index (χ1) is 9.54. The van der Waals surface area contributed by atoms with Crippen LogP contribution in [0.3, 0.4) is 0 Å². The molecular weight excluding hydrogens is 315 g/mol. The molecule has 0 heterocycles. The van der Waals surface area contributed by atoms with Gasteiger partial charge in [0.1, 0.15) is 4.99 Å². The van der Waals surface area contributed by atoms with Gasteiger partial charge in [-0.15, -0.1) is 0 Å². The summed E-state index contributed by atoms with van der Waals surface area (Å²) in [5.41, 5.74) is 1.26. The summed E-state index contributed by atoms with van der Waals surface area (Å²) >= 11 is 16.8. The van der Waals surface area contributed by atoms with Gasteiger partial charge >= 0.3 is 6.03 Å². The van der Waals surface area contributed by atoms with Crippen LogP contribution >= 0.6 is 35.4 Å². The zero-order valence-electron chi connectivity index (χ0n) is 10.2. The fraction of sp³-hybridized carbons (Fsp3) is 0. The van der Waals surface area contributed by atoms with Gasteiger partial charge in [-0.2, -0.15) is 0 Å². The molecule has 6 heteroatoms. The molecule has 2 aromatic carbocycles. The zero-order chi connectivity index (χ0) is 14.5. The van der Waals surface area contributed by atoms with E-state index in [0.29, 0.717) is 26.3 Å². The topological polar surface area (TPSA) is 41.1 Å². The van der Waals surface area contributed by atoms with Crippen LogP contribution in [0.5, 0.6) is 0 Å². The SMILES string of the molecule is O=C(NC(=S)c1cccc(Cl)c1)Nc1cccc(Cl)c1. The van der Waals surface area contributed by atoms with Gasteiger partial charge in [-0.25, -0.2) is 4.79 Å². The molecule has 0 atom stereocenters. The first-order valence-electron chi connectivity index (χ1n) is 5.68. The number of amides is 2. The predicted octanol–water partition coefficient (Wildman–Crippen LogP) is 4.49. The van der Waals surface area contributed by atoms with Gasteiger partial charge in [-0.1, -0.05) is 53.6 Å². The lowest BCUT2D eigenvalue weighted by Gasteiger charge is -2.09. The summed E-state index contributed by atoms with van der Waals surface area (Å²) in [6.45, 7) is 0. The molecule has 0 aliphatic carbocycles. The zero-order valence-corrected chi connectivity index (χ0v) is 12.5. The second-order valence-electron chi connectivity index (χ2n) is 3.93. The molecule has 0 spiro atoms. The van der Waals surface area contributed by atoms with E-state index in [0.717, 1.165) is 0 Å². The van der Waals surface area contributed by atoms with Gasteiger partial charge in [0, 0.05) is 21.3 Å². The number of anilines is 1. The number of carbonyl (C=O) groups excluding carboxylic acids is 1. The van der Waals surface area contributed by atoms with Crippen LogP contribution < -0.4 is 10.6 Å². The maximum Gasteiger partial charge on any atom is 0.324 e. The molecule has 20 heavy (non-hydrogen) atoms. The van der Waals surface area contributed by atoms with Gasteiger partial charge in [0.2, 0.25) is 0 Å². The van der Waals surface area contributed by atoms with Crippen molar-refractivity contribution in [2.24, 2.45) is 0 Å². The third-order valence-corrected chi connectivity index (χ3v) is 3.20. The number of hydrogen-bond donors (Lipinski definition) is 2. The first kappa shape index (κ1) is 14.8. The average molecular weight is 325 g/mol. The van der Waals surface area contributed by atoms with Crippen LogP contribution in [0.1, 0.15) is 5.56 Å². The molecule has 0 saturated carbocycles. The molecule has 2 aromatic rings. The van der Waals surface area contributed by atoms with Gasteiger partial charge in [0.25, 0.3) is 0 Å². The standard InChI is InChI=1S/C14H10Cl2N2OS/c15-10-4-1-3-9(7-10)13(20)18-14(19)17-12-6-2-5-11(16)8-12/h1-8H,(H2,17,18,19,20). The number of urea groups is 1. The summed E-state index contributed by atoms with van der Waals surface area (Å²) in [5, 5.41) is 6.31. The highest BCUT2D eigenvalue weighted by Gasteiger charge is 2.07. The number of benzene rings is 2. The van der Waals surface area contributed by atoms with E-state index < -0.39 is 6.03 Å². The van der Waals surface area contributed by atoms with Crippen molar-refractivity contribution < 1.29 is 4.79 Å². The third-order valence-electron chi connectivity index (χ3n) is 2.40. The number of carbonyl (C=O) groups is 1. The second-order valence-corrected chi connectivity index (χ2v) is 5.21. The molecule has 2 rings (SSSR count). The van der Waals surface area contributed by atoms with E-state index >= 15 is 0 Å². The molecule has 0 bridgehead atoms. The molecule has 0 aliphatic heterocycles. The molecule has 0 radical (unpaired) electrons. The summed E-state index contributed by atoms with van der Waals surface area (Å²) in [4.78, 5) is 12.1. The number of rotatable bonds is 2. The minimum absolute atomic E-state index is 0.298. The molecule has 0 unspecified atom stereocenters. The Hall–Kier alpha value is -1.62. The highest BCUT2D eigenvalue weighted by molar-refractivity contribution is 7.80. The van der Waals surface area contributed by atoms with E-state index in [1.807, 2.05) is 0 Å². The molecule has 3 nitrogen and oxygen atoms in total. The van der Waals surface area contributed by atoms with Crippen LogP contribution in [0.4, 0.5) is 10.5 Å². The molecule has 0 saturated heterocycles. The lowest BCUT2D eigenvalue weighted by molar-refractivity contribution is 0.256. The predicted molar refractivity (Wildman–Crippen MR) is 86.8 cm³/mol. The monoisotopic (exact) mass is 324 g/mol. The Bertz CT molecular complexity index is 661.